The number of benzene rings is 2. The van der Waals surface area contributed by atoms with Gasteiger partial charge in [0.25, 0.3) is 5.91 Å². The number of aliphatic imine (C=N–C) groups is 1. The Hall–Kier alpha value is -2.61. The maximum atomic E-state index is 13.6. The fraction of sp³-hybridized carbons (Fsp3) is 0.0588. The second-order valence-electron chi connectivity index (χ2n) is 5.05. The molecule has 0 saturated carbocycles. The van der Waals surface area contributed by atoms with Crippen LogP contribution in [0.5, 0.6) is 0 Å². The summed E-state index contributed by atoms with van der Waals surface area (Å²) in [7, 11) is 0. The SMILES string of the molecule is O=C1NC(=Nc2cccc(C(F)(F)F)c2)SC1=Cc1ccccc1F. The molecule has 1 aliphatic rings. The molecule has 3 nitrogen and oxygen atoms in total. The molecule has 1 saturated heterocycles. The Morgan fingerprint density at radius 3 is 2.56 bits per heavy atom. The molecular formula is C17H10F4N2OS. The Labute approximate surface area is 144 Å². The van der Waals surface area contributed by atoms with Gasteiger partial charge in [0.1, 0.15) is 5.82 Å². The molecule has 8 heteroatoms. The predicted molar refractivity (Wildman–Crippen MR) is 88.6 cm³/mol. The maximum absolute atomic E-state index is 13.6. The number of thioether (sulfide) groups is 1. The number of halogens is 4. The van der Waals surface area contributed by atoms with E-state index in [1.807, 2.05) is 0 Å². The Bertz CT molecular complexity index is 890. The summed E-state index contributed by atoms with van der Waals surface area (Å²) in [5, 5.41) is 2.58. The van der Waals surface area contributed by atoms with Gasteiger partial charge in [-0.1, -0.05) is 24.3 Å². The molecule has 0 unspecified atom stereocenters. The highest BCUT2D eigenvalue weighted by Crippen LogP contribution is 2.33. The van der Waals surface area contributed by atoms with E-state index in [-0.39, 0.29) is 21.3 Å². The molecule has 128 valence electrons. The van der Waals surface area contributed by atoms with Crippen molar-refractivity contribution < 1.29 is 22.4 Å². The average Bonchev–Trinajstić information content (AvgIpc) is 2.88. The second-order valence-corrected chi connectivity index (χ2v) is 6.08. The Kier molecular flexibility index (Phi) is 4.63. The van der Waals surface area contributed by atoms with Gasteiger partial charge >= 0.3 is 6.18 Å². The first-order valence-corrected chi connectivity index (χ1v) is 7.86. The number of nitrogens with zero attached hydrogens (tertiary/aromatic N) is 1. The fourth-order valence-corrected chi connectivity index (χ4v) is 2.92. The van der Waals surface area contributed by atoms with Crippen molar-refractivity contribution >= 4 is 34.6 Å². The van der Waals surface area contributed by atoms with Crippen molar-refractivity contribution in [3.8, 4) is 0 Å². The minimum absolute atomic E-state index is 0.0600. The third kappa shape index (κ3) is 4.08. The first kappa shape index (κ1) is 17.2. The van der Waals surface area contributed by atoms with Gasteiger partial charge in [-0.05, 0) is 42.1 Å². The Morgan fingerprint density at radius 1 is 1.08 bits per heavy atom. The van der Waals surface area contributed by atoms with Crippen LogP contribution in [0.15, 0.2) is 58.4 Å². The molecule has 1 heterocycles. The van der Waals surface area contributed by atoms with Gasteiger partial charge in [-0.3, -0.25) is 4.79 Å². The molecule has 1 aliphatic heterocycles. The van der Waals surface area contributed by atoms with Crippen molar-refractivity contribution in [3.05, 3.63) is 70.4 Å². The van der Waals surface area contributed by atoms with E-state index in [1.165, 1.54) is 36.4 Å². The molecule has 25 heavy (non-hydrogen) atoms. The summed E-state index contributed by atoms with van der Waals surface area (Å²) in [6.07, 6.45) is -3.11. The number of amidine groups is 1. The molecule has 0 bridgehead atoms. The van der Waals surface area contributed by atoms with Gasteiger partial charge in [0.2, 0.25) is 0 Å². The van der Waals surface area contributed by atoms with Crippen LogP contribution in [0.25, 0.3) is 6.08 Å². The summed E-state index contributed by atoms with van der Waals surface area (Å²) in [5.74, 6) is -0.967. The quantitative estimate of drug-likeness (QED) is 0.616. The summed E-state index contributed by atoms with van der Waals surface area (Å²) < 4.78 is 51.8. The molecule has 1 N–H and O–H groups in total. The zero-order chi connectivity index (χ0) is 18.0. The van der Waals surface area contributed by atoms with Crippen molar-refractivity contribution in [2.24, 2.45) is 4.99 Å². The molecule has 0 aliphatic carbocycles. The summed E-state index contributed by atoms with van der Waals surface area (Å²) in [4.78, 5) is 16.1. The fourth-order valence-electron chi connectivity index (χ4n) is 2.08. The topological polar surface area (TPSA) is 41.5 Å². The number of nitrogens with one attached hydrogen (secondary N) is 1. The smallest absolute Gasteiger partial charge is 0.300 e. The largest absolute Gasteiger partial charge is 0.416 e. The van der Waals surface area contributed by atoms with Crippen molar-refractivity contribution in [2.45, 2.75) is 6.18 Å². The van der Waals surface area contributed by atoms with E-state index in [1.54, 1.807) is 6.07 Å². The number of alkyl halides is 3. The Balaban J connectivity index is 1.86. The van der Waals surface area contributed by atoms with Gasteiger partial charge in [0, 0.05) is 5.56 Å². The van der Waals surface area contributed by atoms with Crippen LogP contribution in [0.2, 0.25) is 0 Å². The highest BCUT2D eigenvalue weighted by Gasteiger charge is 2.30. The van der Waals surface area contributed by atoms with Crippen LogP contribution in [-0.2, 0) is 11.0 Å². The zero-order valence-corrected chi connectivity index (χ0v) is 13.3. The molecule has 0 spiro atoms. The molecular weight excluding hydrogens is 356 g/mol. The molecule has 0 atom stereocenters. The number of amides is 1. The molecule has 1 fully saturated rings. The van der Waals surface area contributed by atoms with Crippen molar-refractivity contribution in [1.29, 1.82) is 0 Å². The molecule has 0 aromatic heterocycles. The van der Waals surface area contributed by atoms with E-state index >= 15 is 0 Å². The number of carbonyl (C=O) groups is 1. The number of hydrogen-bond acceptors (Lipinski definition) is 3. The first-order valence-electron chi connectivity index (χ1n) is 7.04. The van der Waals surface area contributed by atoms with Crippen LogP contribution in [-0.4, -0.2) is 11.1 Å². The molecule has 0 radical (unpaired) electrons. The molecule has 3 rings (SSSR count). The van der Waals surface area contributed by atoms with Crippen LogP contribution >= 0.6 is 11.8 Å². The minimum atomic E-state index is -4.47. The highest BCUT2D eigenvalue weighted by molar-refractivity contribution is 8.18. The lowest BCUT2D eigenvalue weighted by Crippen LogP contribution is -2.19. The lowest BCUT2D eigenvalue weighted by atomic mass is 10.2. The van der Waals surface area contributed by atoms with Crippen molar-refractivity contribution in [2.75, 3.05) is 0 Å². The summed E-state index contributed by atoms with van der Waals surface area (Å²) in [5.41, 5.74) is -0.531. The van der Waals surface area contributed by atoms with Crippen LogP contribution in [0, 0.1) is 5.82 Å². The van der Waals surface area contributed by atoms with E-state index in [0.717, 1.165) is 23.9 Å². The zero-order valence-electron chi connectivity index (χ0n) is 12.5. The lowest BCUT2D eigenvalue weighted by Gasteiger charge is -2.06. The lowest BCUT2D eigenvalue weighted by molar-refractivity contribution is -0.137. The monoisotopic (exact) mass is 366 g/mol. The number of rotatable bonds is 2. The van der Waals surface area contributed by atoms with Gasteiger partial charge in [-0.25, -0.2) is 9.38 Å². The summed E-state index contributed by atoms with van der Waals surface area (Å²) in [6, 6.07) is 10.4. The van der Waals surface area contributed by atoms with E-state index in [0.29, 0.717) is 0 Å². The van der Waals surface area contributed by atoms with Gasteiger partial charge in [0.05, 0.1) is 16.2 Å². The third-order valence-corrected chi connectivity index (χ3v) is 4.16. The van der Waals surface area contributed by atoms with Crippen LogP contribution < -0.4 is 5.32 Å². The summed E-state index contributed by atoms with van der Waals surface area (Å²) >= 11 is 0.933. The van der Waals surface area contributed by atoms with E-state index in [9.17, 15) is 22.4 Å². The maximum Gasteiger partial charge on any atom is 0.416 e. The van der Waals surface area contributed by atoms with Crippen molar-refractivity contribution in [1.82, 2.24) is 5.32 Å². The van der Waals surface area contributed by atoms with Gasteiger partial charge in [-0.2, -0.15) is 13.2 Å². The van der Waals surface area contributed by atoms with Crippen molar-refractivity contribution in [3.63, 3.8) is 0 Å². The molecule has 2 aromatic carbocycles. The van der Waals surface area contributed by atoms with Gasteiger partial charge in [0.15, 0.2) is 5.17 Å². The highest BCUT2D eigenvalue weighted by atomic mass is 32.2. The van der Waals surface area contributed by atoms with Gasteiger partial charge in [-0.15, -0.1) is 0 Å². The number of hydrogen-bond donors (Lipinski definition) is 1. The standard InChI is InChI=1S/C17H10F4N2OS/c18-13-7-2-1-4-10(13)8-14-15(24)23-16(25-14)22-12-6-3-5-11(9-12)17(19,20)21/h1-9H,(H,22,23,24). The van der Waals surface area contributed by atoms with Crippen LogP contribution in [0.1, 0.15) is 11.1 Å². The van der Waals surface area contributed by atoms with E-state index in [2.05, 4.69) is 10.3 Å². The predicted octanol–water partition coefficient (Wildman–Crippen LogP) is 4.74. The van der Waals surface area contributed by atoms with E-state index < -0.39 is 23.5 Å². The van der Waals surface area contributed by atoms with Gasteiger partial charge < -0.3 is 5.32 Å². The first-order chi connectivity index (χ1) is 11.8. The average molecular weight is 366 g/mol. The minimum Gasteiger partial charge on any atom is -0.300 e. The second kappa shape index (κ2) is 6.72. The van der Waals surface area contributed by atoms with Crippen LogP contribution in [0.3, 0.4) is 0 Å². The summed E-state index contributed by atoms with van der Waals surface area (Å²) in [6.45, 7) is 0. The number of carbonyl (C=O) groups excluding carboxylic acids is 1. The normalized spacial score (nSPS) is 18.0. The molecule has 2 aromatic rings. The Morgan fingerprint density at radius 2 is 1.84 bits per heavy atom. The third-order valence-electron chi connectivity index (χ3n) is 3.25. The van der Waals surface area contributed by atoms with E-state index in [4.69, 9.17) is 0 Å². The molecule has 1 amide bonds. The van der Waals surface area contributed by atoms with Crippen LogP contribution in [0.4, 0.5) is 23.2 Å².